The smallest absolute Gasteiger partial charge is 0.191 e. The number of halogens is 3. The SMILES string of the molecule is CN=C(NCCc1cc(F)cc2c1OCOC2)NCc1ccc(C)c(F)c1.I. The molecule has 0 unspecified atom stereocenters. The molecule has 0 saturated carbocycles. The van der Waals surface area contributed by atoms with Crippen LogP contribution in [0.4, 0.5) is 8.78 Å². The third kappa shape index (κ3) is 5.78. The number of fused-ring (bicyclic) bond motifs is 1. The van der Waals surface area contributed by atoms with E-state index in [0.29, 0.717) is 43.4 Å². The monoisotopic (exact) mass is 503 g/mol. The molecule has 0 aromatic heterocycles. The summed E-state index contributed by atoms with van der Waals surface area (Å²) in [4.78, 5) is 4.15. The molecule has 0 atom stereocenters. The minimum Gasteiger partial charge on any atom is -0.467 e. The summed E-state index contributed by atoms with van der Waals surface area (Å²) in [6.45, 7) is 3.25. The Hall–Kier alpha value is -1.94. The van der Waals surface area contributed by atoms with Gasteiger partial charge in [0, 0.05) is 25.7 Å². The van der Waals surface area contributed by atoms with Crippen molar-refractivity contribution in [3.8, 4) is 5.75 Å². The number of ether oxygens (including phenoxy) is 2. The zero-order valence-corrected chi connectivity index (χ0v) is 18.2. The van der Waals surface area contributed by atoms with Gasteiger partial charge in [0.25, 0.3) is 0 Å². The summed E-state index contributed by atoms with van der Waals surface area (Å²) < 4.78 is 38.1. The summed E-state index contributed by atoms with van der Waals surface area (Å²) in [7, 11) is 1.66. The van der Waals surface area contributed by atoms with E-state index in [9.17, 15) is 8.78 Å². The van der Waals surface area contributed by atoms with E-state index in [1.807, 2.05) is 6.07 Å². The zero-order valence-electron chi connectivity index (χ0n) is 15.9. The van der Waals surface area contributed by atoms with Gasteiger partial charge in [-0.1, -0.05) is 12.1 Å². The molecular weight excluding hydrogens is 479 g/mol. The number of nitrogens with zero attached hydrogens (tertiary/aromatic N) is 1. The van der Waals surface area contributed by atoms with Crippen molar-refractivity contribution in [1.82, 2.24) is 10.6 Å². The van der Waals surface area contributed by atoms with Gasteiger partial charge in [0.15, 0.2) is 12.8 Å². The van der Waals surface area contributed by atoms with Crippen molar-refractivity contribution < 1.29 is 18.3 Å². The molecule has 2 N–H and O–H groups in total. The van der Waals surface area contributed by atoms with Gasteiger partial charge in [-0.15, -0.1) is 24.0 Å². The van der Waals surface area contributed by atoms with Crippen molar-refractivity contribution in [3.63, 3.8) is 0 Å². The predicted molar refractivity (Wildman–Crippen MR) is 115 cm³/mol. The number of guanidine groups is 1. The van der Waals surface area contributed by atoms with E-state index in [0.717, 1.165) is 16.7 Å². The Balaban J connectivity index is 0.00000280. The lowest BCUT2D eigenvalue weighted by Crippen LogP contribution is -2.38. The molecular formula is C20H24F2IN3O2. The minimum atomic E-state index is -0.304. The summed E-state index contributed by atoms with van der Waals surface area (Å²) >= 11 is 0. The maximum absolute atomic E-state index is 13.8. The number of rotatable bonds is 5. The van der Waals surface area contributed by atoms with Crippen molar-refractivity contribution in [2.45, 2.75) is 26.5 Å². The third-order valence-corrected chi connectivity index (χ3v) is 4.36. The lowest BCUT2D eigenvalue weighted by atomic mass is 10.1. The van der Waals surface area contributed by atoms with Gasteiger partial charge < -0.3 is 20.1 Å². The lowest BCUT2D eigenvalue weighted by Gasteiger charge is -2.21. The molecule has 1 heterocycles. The van der Waals surface area contributed by atoms with Crippen LogP contribution in [0.2, 0.25) is 0 Å². The Morgan fingerprint density at radius 2 is 2.00 bits per heavy atom. The van der Waals surface area contributed by atoms with Gasteiger partial charge in [-0.2, -0.15) is 0 Å². The average molecular weight is 503 g/mol. The molecule has 2 aromatic carbocycles. The molecule has 0 amide bonds. The highest BCUT2D eigenvalue weighted by Gasteiger charge is 2.16. The minimum absolute atomic E-state index is 0. The van der Waals surface area contributed by atoms with E-state index >= 15 is 0 Å². The first-order valence-corrected chi connectivity index (χ1v) is 8.78. The highest BCUT2D eigenvalue weighted by Crippen LogP contribution is 2.29. The van der Waals surface area contributed by atoms with Crippen LogP contribution in [0.1, 0.15) is 22.3 Å². The Morgan fingerprint density at radius 1 is 1.18 bits per heavy atom. The summed E-state index contributed by atoms with van der Waals surface area (Å²) in [6, 6.07) is 8.05. The second kappa shape index (κ2) is 10.6. The van der Waals surface area contributed by atoms with Crippen molar-refractivity contribution in [2.75, 3.05) is 20.4 Å². The fraction of sp³-hybridized carbons (Fsp3) is 0.350. The summed E-state index contributed by atoms with van der Waals surface area (Å²) in [6.07, 6.45) is 0.569. The molecule has 1 aliphatic rings. The van der Waals surface area contributed by atoms with E-state index in [1.165, 1.54) is 18.2 Å². The number of nitrogens with one attached hydrogen (secondary N) is 2. The molecule has 5 nitrogen and oxygen atoms in total. The summed E-state index contributed by atoms with van der Waals surface area (Å²) in [5, 5.41) is 6.32. The number of hydrogen-bond donors (Lipinski definition) is 2. The number of aryl methyl sites for hydroxylation is 1. The van der Waals surface area contributed by atoms with E-state index in [4.69, 9.17) is 9.47 Å². The maximum Gasteiger partial charge on any atom is 0.191 e. The molecule has 0 saturated heterocycles. The third-order valence-electron chi connectivity index (χ3n) is 4.36. The Kier molecular flexibility index (Phi) is 8.43. The zero-order chi connectivity index (χ0) is 19.2. The second-order valence-corrected chi connectivity index (χ2v) is 6.35. The van der Waals surface area contributed by atoms with Crippen LogP contribution in [-0.2, 0) is 24.3 Å². The van der Waals surface area contributed by atoms with E-state index in [-0.39, 0.29) is 42.4 Å². The van der Waals surface area contributed by atoms with Crippen LogP contribution in [0.15, 0.2) is 35.3 Å². The predicted octanol–water partition coefficient (Wildman–Crippen LogP) is 3.67. The van der Waals surface area contributed by atoms with Crippen molar-refractivity contribution in [2.24, 2.45) is 4.99 Å². The van der Waals surface area contributed by atoms with Crippen LogP contribution in [0.25, 0.3) is 0 Å². The van der Waals surface area contributed by atoms with Gasteiger partial charge in [0.2, 0.25) is 0 Å². The molecule has 0 bridgehead atoms. The summed E-state index contributed by atoms with van der Waals surface area (Å²) in [5.41, 5.74) is 2.96. The average Bonchev–Trinajstić information content (AvgIpc) is 2.67. The van der Waals surface area contributed by atoms with Gasteiger partial charge in [0.05, 0.1) is 6.61 Å². The van der Waals surface area contributed by atoms with E-state index in [1.54, 1.807) is 20.0 Å². The molecule has 1 aliphatic heterocycles. The van der Waals surface area contributed by atoms with Crippen LogP contribution in [0, 0.1) is 18.6 Å². The molecule has 0 spiro atoms. The van der Waals surface area contributed by atoms with Gasteiger partial charge in [-0.05, 0) is 48.2 Å². The molecule has 152 valence electrons. The molecule has 2 aromatic rings. The molecule has 0 fully saturated rings. The van der Waals surface area contributed by atoms with Gasteiger partial charge >= 0.3 is 0 Å². The van der Waals surface area contributed by atoms with Crippen molar-refractivity contribution >= 4 is 29.9 Å². The number of benzene rings is 2. The topological polar surface area (TPSA) is 54.9 Å². The Bertz CT molecular complexity index is 846. The first-order chi connectivity index (χ1) is 13.1. The lowest BCUT2D eigenvalue weighted by molar-refractivity contribution is -0.0172. The molecule has 8 heteroatoms. The quantitative estimate of drug-likeness (QED) is 0.372. The fourth-order valence-electron chi connectivity index (χ4n) is 2.91. The summed E-state index contributed by atoms with van der Waals surface area (Å²) in [5.74, 6) is 0.756. The molecule has 28 heavy (non-hydrogen) atoms. The highest BCUT2D eigenvalue weighted by molar-refractivity contribution is 14.0. The van der Waals surface area contributed by atoms with E-state index in [2.05, 4.69) is 15.6 Å². The highest BCUT2D eigenvalue weighted by atomic mass is 127. The van der Waals surface area contributed by atoms with Crippen LogP contribution < -0.4 is 15.4 Å². The first kappa shape index (κ1) is 22.4. The normalized spacial score (nSPS) is 13.2. The fourth-order valence-corrected chi connectivity index (χ4v) is 2.91. The number of aliphatic imine (C=N–C) groups is 1. The van der Waals surface area contributed by atoms with Crippen molar-refractivity contribution in [3.05, 3.63) is 64.2 Å². The van der Waals surface area contributed by atoms with Crippen LogP contribution in [0.3, 0.4) is 0 Å². The van der Waals surface area contributed by atoms with E-state index < -0.39 is 0 Å². The number of hydrogen-bond acceptors (Lipinski definition) is 3. The van der Waals surface area contributed by atoms with Gasteiger partial charge in [-0.3, -0.25) is 4.99 Å². The van der Waals surface area contributed by atoms with Crippen LogP contribution >= 0.6 is 24.0 Å². The molecule has 0 aliphatic carbocycles. The largest absolute Gasteiger partial charge is 0.467 e. The van der Waals surface area contributed by atoms with Crippen LogP contribution in [0.5, 0.6) is 5.75 Å². The van der Waals surface area contributed by atoms with Gasteiger partial charge in [-0.25, -0.2) is 8.78 Å². The first-order valence-electron chi connectivity index (χ1n) is 8.78. The second-order valence-electron chi connectivity index (χ2n) is 6.35. The Labute approximate surface area is 180 Å². The standard InChI is InChI=1S/C20H23F2N3O2.HI/c1-13-3-4-14(7-18(13)22)10-25-20(23-2)24-6-5-15-8-17(21)9-16-11-26-12-27-19(15)16;/h3-4,7-9H,5-6,10-12H2,1-2H3,(H2,23,24,25);1H. The van der Waals surface area contributed by atoms with Gasteiger partial charge in [0.1, 0.15) is 17.4 Å². The van der Waals surface area contributed by atoms with Crippen LogP contribution in [-0.4, -0.2) is 26.3 Å². The Morgan fingerprint density at radius 3 is 2.75 bits per heavy atom. The van der Waals surface area contributed by atoms with Crippen molar-refractivity contribution in [1.29, 1.82) is 0 Å². The molecule has 0 radical (unpaired) electrons. The maximum atomic E-state index is 13.8. The molecule has 3 rings (SSSR count).